The second-order valence-corrected chi connectivity index (χ2v) is 5.92. The molecule has 1 aliphatic rings. The maximum Gasteiger partial charge on any atom is 0.238 e. The SMILES string of the molecule is Nc1ccc(NC(=O)CN2CCc3ccccc3C2)c(Cl)c1. The highest BCUT2D eigenvalue weighted by Crippen LogP contribution is 2.24. The number of halogens is 1. The molecule has 2 aromatic carbocycles. The number of fused-ring (bicyclic) bond motifs is 1. The van der Waals surface area contributed by atoms with Crippen molar-refractivity contribution < 1.29 is 4.79 Å². The van der Waals surface area contributed by atoms with E-state index in [0.29, 0.717) is 22.9 Å². The number of carbonyl (C=O) groups is 1. The van der Waals surface area contributed by atoms with E-state index in [1.165, 1.54) is 11.1 Å². The third kappa shape index (κ3) is 3.40. The van der Waals surface area contributed by atoms with Crippen LogP contribution >= 0.6 is 11.6 Å². The molecule has 4 nitrogen and oxygen atoms in total. The summed E-state index contributed by atoms with van der Waals surface area (Å²) in [6.07, 6.45) is 0.978. The van der Waals surface area contributed by atoms with Crippen LogP contribution in [0.3, 0.4) is 0 Å². The van der Waals surface area contributed by atoms with Crippen LogP contribution in [0.25, 0.3) is 0 Å². The van der Waals surface area contributed by atoms with Crippen LogP contribution < -0.4 is 11.1 Å². The molecular formula is C17H18ClN3O. The smallest absolute Gasteiger partial charge is 0.238 e. The fourth-order valence-electron chi connectivity index (χ4n) is 2.71. The van der Waals surface area contributed by atoms with Crippen molar-refractivity contribution in [3.8, 4) is 0 Å². The molecule has 3 N–H and O–H groups in total. The predicted octanol–water partition coefficient (Wildman–Crippen LogP) is 2.92. The molecule has 0 fully saturated rings. The van der Waals surface area contributed by atoms with Gasteiger partial charge in [0, 0.05) is 18.8 Å². The Morgan fingerprint density at radius 3 is 2.77 bits per heavy atom. The summed E-state index contributed by atoms with van der Waals surface area (Å²) in [5.41, 5.74) is 9.50. The zero-order valence-electron chi connectivity index (χ0n) is 12.2. The molecular weight excluding hydrogens is 298 g/mol. The zero-order chi connectivity index (χ0) is 15.5. The summed E-state index contributed by atoms with van der Waals surface area (Å²) >= 11 is 6.07. The van der Waals surface area contributed by atoms with Gasteiger partial charge in [-0.05, 0) is 35.7 Å². The average molecular weight is 316 g/mol. The van der Waals surface area contributed by atoms with E-state index in [0.717, 1.165) is 19.5 Å². The number of nitrogens with zero attached hydrogens (tertiary/aromatic N) is 1. The number of hydrogen-bond acceptors (Lipinski definition) is 3. The third-order valence-corrected chi connectivity index (χ3v) is 4.16. The van der Waals surface area contributed by atoms with E-state index >= 15 is 0 Å². The lowest BCUT2D eigenvalue weighted by Gasteiger charge is -2.28. The number of anilines is 2. The van der Waals surface area contributed by atoms with E-state index in [4.69, 9.17) is 17.3 Å². The van der Waals surface area contributed by atoms with Gasteiger partial charge >= 0.3 is 0 Å². The molecule has 3 rings (SSSR count). The minimum absolute atomic E-state index is 0.0638. The van der Waals surface area contributed by atoms with Gasteiger partial charge in [-0.15, -0.1) is 0 Å². The Kier molecular flexibility index (Phi) is 4.32. The Hall–Kier alpha value is -2.04. The summed E-state index contributed by atoms with van der Waals surface area (Å²) in [5.74, 6) is -0.0638. The Labute approximate surface area is 134 Å². The number of nitrogens with one attached hydrogen (secondary N) is 1. The predicted molar refractivity (Wildman–Crippen MR) is 89.9 cm³/mol. The molecule has 22 heavy (non-hydrogen) atoms. The van der Waals surface area contributed by atoms with Crippen LogP contribution in [-0.2, 0) is 17.8 Å². The molecule has 1 amide bonds. The maximum atomic E-state index is 12.2. The van der Waals surface area contributed by atoms with E-state index in [2.05, 4.69) is 28.4 Å². The monoisotopic (exact) mass is 315 g/mol. The second kappa shape index (κ2) is 6.38. The van der Waals surface area contributed by atoms with Gasteiger partial charge in [-0.1, -0.05) is 35.9 Å². The summed E-state index contributed by atoms with van der Waals surface area (Å²) in [4.78, 5) is 14.3. The first-order valence-corrected chi connectivity index (χ1v) is 7.63. The van der Waals surface area contributed by atoms with Crippen LogP contribution in [0.15, 0.2) is 42.5 Å². The fraction of sp³-hybridized carbons (Fsp3) is 0.235. The van der Waals surface area contributed by atoms with E-state index in [-0.39, 0.29) is 5.91 Å². The molecule has 0 saturated carbocycles. The van der Waals surface area contributed by atoms with Gasteiger partial charge in [0.05, 0.1) is 17.3 Å². The normalized spacial score (nSPS) is 14.4. The van der Waals surface area contributed by atoms with Crippen molar-refractivity contribution in [3.05, 3.63) is 58.6 Å². The molecule has 1 heterocycles. The largest absolute Gasteiger partial charge is 0.399 e. The van der Waals surface area contributed by atoms with Crippen molar-refractivity contribution in [2.24, 2.45) is 0 Å². The number of carbonyl (C=O) groups excluding carboxylic acids is 1. The highest BCUT2D eigenvalue weighted by atomic mass is 35.5. The fourth-order valence-corrected chi connectivity index (χ4v) is 2.95. The first-order valence-electron chi connectivity index (χ1n) is 7.26. The Morgan fingerprint density at radius 1 is 1.23 bits per heavy atom. The van der Waals surface area contributed by atoms with Gasteiger partial charge in [-0.3, -0.25) is 9.69 Å². The molecule has 0 aromatic heterocycles. The van der Waals surface area contributed by atoms with Crippen molar-refractivity contribution in [2.45, 2.75) is 13.0 Å². The van der Waals surface area contributed by atoms with Gasteiger partial charge < -0.3 is 11.1 Å². The van der Waals surface area contributed by atoms with Gasteiger partial charge in [0.15, 0.2) is 0 Å². The minimum atomic E-state index is -0.0638. The lowest BCUT2D eigenvalue weighted by Crippen LogP contribution is -2.37. The van der Waals surface area contributed by atoms with Crippen molar-refractivity contribution in [1.29, 1.82) is 0 Å². The van der Waals surface area contributed by atoms with Gasteiger partial charge in [-0.25, -0.2) is 0 Å². The van der Waals surface area contributed by atoms with Crippen LogP contribution in [0.5, 0.6) is 0 Å². The molecule has 1 aliphatic heterocycles. The molecule has 0 saturated heterocycles. The molecule has 0 spiro atoms. The standard InChI is InChI=1S/C17H18ClN3O/c18-15-9-14(19)5-6-16(15)20-17(22)11-21-8-7-12-3-1-2-4-13(12)10-21/h1-6,9H,7-8,10-11,19H2,(H,20,22). The Bertz CT molecular complexity index is 702. The summed E-state index contributed by atoms with van der Waals surface area (Å²) in [6, 6.07) is 13.5. The van der Waals surface area contributed by atoms with Crippen LogP contribution in [0, 0.1) is 0 Å². The number of benzene rings is 2. The van der Waals surface area contributed by atoms with Gasteiger partial charge in [0.2, 0.25) is 5.91 Å². The van der Waals surface area contributed by atoms with Crippen molar-refractivity contribution >= 4 is 28.9 Å². The Morgan fingerprint density at radius 2 is 2.00 bits per heavy atom. The lowest BCUT2D eigenvalue weighted by molar-refractivity contribution is -0.117. The van der Waals surface area contributed by atoms with Crippen molar-refractivity contribution in [3.63, 3.8) is 0 Å². The highest BCUT2D eigenvalue weighted by Gasteiger charge is 2.18. The second-order valence-electron chi connectivity index (χ2n) is 5.52. The molecule has 0 atom stereocenters. The molecule has 0 aliphatic carbocycles. The number of nitrogen functional groups attached to an aromatic ring is 1. The van der Waals surface area contributed by atoms with Crippen LogP contribution in [0.4, 0.5) is 11.4 Å². The van der Waals surface area contributed by atoms with Crippen molar-refractivity contribution in [1.82, 2.24) is 4.90 Å². The first kappa shape index (κ1) is 14.9. The third-order valence-electron chi connectivity index (χ3n) is 3.84. The van der Waals surface area contributed by atoms with E-state index in [1.54, 1.807) is 18.2 Å². The van der Waals surface area contributed by atoms with Crippen LogP contribution in [0.2, 0.25) is 5.02 Å². The van der Waals surface area contributed by atoms with Gasteiger partial charge in [0.25, 0.3) is 0 Å². The number of hydrogen-bond donors (Lipinski definition) is 2. The highest BCUT2D eigenvalue weighted by molar-refractivity contribution is 6.34. The number of nitrogens with two attached hydrogens (primary N) is 1. The number of amides is 1. The summed E-state index contributed by atoms with van der Waals surface area (Å²) in [5, 5.41) is 3.30. The first-order chi connectivity index (χ1) is 10.6. The maximum absolute atomic E-state index is 12.2. The van der Waals surface area contributed by atoms with Crippen LogP contribution in [0.1, 0.15) is 11.1 Å². The van der Waals surface area contributed by atoms with Gasteiger partial charge in [0.1, 0.15) is 0 Å². The van der Waals surface area contributed by atoms with Crippen LogP contribution in [-0.4, -0.2) is 23.9 Å². The molecule has 0 unspecified atom stereocenters. The number of rotatable bonds is 3. The minimum Gasteiger partial charge on any atom is -0.399 e. The topological polar surface area (TPSA) is 58.4 Å². The van der Waals surface area contributed by atoms with Gasteiger partial charge in [-0.2, -0.15) is 0 Å². The summed E-state index contributed by atoms with van der Waals surface area (Å²) in [7, 11) is 0. The average Bonchev–Trinajstić information content (AvgIpc) is 2.50. The molecule has 0 bridgehead atoms. The lowest BCUT2D eigenvalue weighted by atomic mass is 10.00. The molecule has 0 radical (unpaired) electrons. The zero-order valence-corrected chi connectivity index (χ0v) is 12.9. The quantitative estimate of drug-likeness (QED) is 0.856. The van der Waals surface area contributed by atoms with E-state index < -0.39 is 0 Å². The van der Waals surface area contributed by atoms with Crippen molar-refractivity contribution in [2.75, 3.05) is 24.1 Å². The Balaban J connectivity index is 1.61. The molecule has 114 valence electrons. The van der Waals surface area contributed by atoms with E-state index in [9.17, 15) is 4.79 Å². The summed E-state index contributed by atoms with van der Waals surface area (Å²) < 4.78 is 0. The molecule has 5 heteroatoms. The summed E-state index contributed by atoms with van der Waals surface area (Å²) in [6.45, 7) is 2.05. The molecule has 2 aromatic rings. The van der Waals surface area contributed by atoms with E-state index in [1.807, 2.05) is 6.07 Å².